The van der Waals surface area contributed by atoms with E-state index in [2.05, 4.69) is 23.8 Å². The lowest BCUT2D eigenvalue weighted by Gasteiger charge is -2.14. The van der Waals surface area contributed by atoms with E-state index in [1.807, 2.05) is 0 Å². The average molecular weight is 377 g/mol. The number of aromatic nitrogens is 3. The number of hydrogen-bond acceptors (Lipinski definition) is 6. The highest BCUT2D eigenvalue weighted by molar-refractivity contribution is 6.09. The quantitative estimate of drug-likeness (QED) is 0.314. The molecule has 0 saturated heterocycles. The van der Waals surface area contributed by atoms with Crippen molar-refractivity contribution in [1.82, 2.24) is 19.5 Å². The van der Waals surface area contributed by atoms with E-state index < -0.39 is 11.8 Å². The molecule has 2 aromatic heterocycles. The molecule has 0 fully saturated rings. The number of nitrogens with two attached hydrogens (primary N) is 1. The molecule has 0 unspecified atom stereocenters. The zero-order valence-electron chi connectivity index (χ0n) is 15.5. The fourth-order valence-electron chi connectivity index (χ4n) is 3.45. The summed E-state index contributed by atoms with van der Waals surface area (Å²) in [6, 6.07) is 9.29. The summed E-state index contributed by atoms with van der Waals surface area (Å²) in [6.07, 6.45) is 2.12. The van der Waals surface area contributed by atoms with Gasteiger partial charge in [0.15, 0.2) is 0 Å². The van der Waals surface area contributed by atoms with Gasteiger partial charge in [0.05, 0.1) is 10.9 Å². The molecule has 4 rings (SSSR count). The molecule has 1 aliphatic rings. The summed E-state index contributed by atoms with van der Waals surface area (Å²) >= 11 is 0. The molecule has 3 aromatic rings. The van der Waals surface area contributed by atoms with Gasteiger partial charge >= 0.3 is 0 Å². The zero-order chi connectivity index (χ0) is 20.1. The van der Waals surface area contributed by atoms with E-state index in [1.165, 1.54) is 24.4 Å². The highest BCUT2D eigenvalue weighted by Gasteiger charge is 2.31. The molecule has 0 radical (unpaired) electrons. The first-order valence-corrected chi connectivity index (χ1v) is 8.85. The van der Waals surface area contributed by atoms with Crippen molar-refractivity contribution in [1.29, 1.82) is 0 Å². The maximum absolute atomic E-state index is 12.8. The highest BCUT2D eigenvalue weighted by atomic mass is 16.2. The minimum Gasteiger partial charge on any atom is -0.296 e. The van der Waals surface area contributed by atoms with Crippen LogP contribution in [0.1, 0.15) is 40.5 Å². The third-order valence-corrected chi connectivity index (χ3v) is 4.83. The number of carbonyl (C=O) groups excluding carboxylic acids is 2. The monoisotopic (exact) mass is 377 g/mol. The van der Waals surface area contributed by atoms with Crippen LogP contribution in [0.25, 0.3) is 10.9 Å². The number of hydrazine groups is 1. The third kappa shape index (κ3) is 2.97. The lowest BCUT2D eigenvalue weighted by atomic mass is 9.92. The summed E-state index contributed by atoms with van der Waals surface area (Å²) < 4.78 is 1.68. The molecule has 0 bridgehead atoms. The van der Waals surface area contributed by atoms with Crippen LogP contribution in [0.2, 0.25) is 0 Å². The van der Waals surface area contributed by atoms with Crippen molar-refractivity contribution in [3.05, 3.63) is 70.0 Å². The maximum atomic E-state index is 12.8. The van der Waals surface area contributed by atoms with Crippen LogP contribution in [0.4, 0.5) is 0 Å². The summed E-state index contributed by atoms with van der Waals surface area (Å²) in [5, 5.41) is 0.949. The number of hydrogen-bond donors (Lipinski definition) is 1. The summed E-state index contributed by atoms with van der Waals surface area (Å²) in [7, 11) is 0. The lowest BCUT2D eigenvalue weighted by Crippen LogP contribution is -2.43. The van der Waals surface area contributed by atoms with Gasteiger partial charge in [-0.1, -0.05) is 19.9 Å². The molecular formula is C20H19N5O3. The fraction of sp³-hybridized carbons (Fsp3) is 0.250. The Hall–Kier alpha value is -3.39. The Morgan fingerprint density at radius 3 is 2.68 bits per heavy atom. The second kappa shape index (κ2) is 6.35. The Bertz CT molecular complexity index is 1170. The summed E-state index contributed by atoms with van der Waals surface area (Å²) in [5.74, 6) is 5.02. The predicted molar refractivity (Wildman–Crippen MR) is 102 cm³/mol. The van der Waals surface area contributed by atoms with Gasteiger partial charge in [0.2, 0.25) is 0 Å². The van der Waals surface area contributed by atoms with Gasteiger partial charge < -0.3 is 0 Å². The molecule has 0 spiro atoms. The number of imide groups is 1. The number of amides is 2. The topological polar surface area (TPSA) is 111 Å². The molecule has 0 saturated carbocycles. The normalized spacial score (nSPS) is 14.7. The van der Waals surface area contributed by atoms with Gasteiger partial charge in [-0.25, -0.2) is 15.8 Å². The SMILES string of the molecule is CC1(C)Cc2nc3cc(C(=O)N(N)C(=O)c4ccccn4)ccc3c(=O)n2C1. The van der Waals surface area contributed by atoms with Gasteiger partial charge in [-0.15, -0.1) is 0 Å². The number of fused-ring (bicyclic) bond motifs is 2. The fourth-order valence-corrected chi connectivity index (χ4v) is 3.45. The molecule has 142 valence electrons. The van der Waals surface area contributed by atoms with E-state index in [1.54, 1.807) is 22.8 Å². The van der Waals surface area contributed by atoms with Gasteiger partial charge in [-0.05, 0) is 35.7 Å². The van der Waals surface area contributed by atoms with Crippen LogP contribution in [-0.4, -0.2) is 31.4 Å². The van der Waals surface area contributed by atoms with Crippen molar-refractivity contribution >= 4 is 22.7 Å². The molecule has 1 aliphatic heterocycles. The standard InChI is InChI=1S/C20H19N5O3/c1-20(2)10-16-23-15-9-12(6-7-13(15)18(27)24(16)11-20)17(26)25(21)19(28)14-5-3-4-8-22-14/h3-9H,10-11,21H2,1-2H3. The summed E-state index contributed by atoms with van der Waals surface area (Å²) in [4.78, 5) is 46.3. The Kier molecular flexibility index (Phi) is 4.08. The number of carbonyl (C=O) groups is 2. The van der Waals surface area contributed by atoms with E-state index in [0.29, 0.717) is 34.7 Å². The molecule has 8 heteroatoms. The van der Waals surface area contributed by atoms with Crippen LogP contribution in [-0.2, 0) is 13.0 Å². The van der Waals surface area contributed by atoms with E-state index in [9.17, 15) is 14.4 Å². The van der Waals surface area contributed by atoms with Crippen molar-refractivity contribution in [2.24, 2.45) is 11.3 Å². The van der Waals surface area contributed by atoms with Gasteiger partial charge in [0, 0.05) is 24.7 Å². The van der Waals surface area contributed by atoms with Crippen molar-refractivity contribution in [2.75, 3.05) is 0 Å². The van der Waals surface area contributed by atoms with E-state index in [-0.39, 0.29) is 22.2 Å². The van der Waals surface area contributed by atoms with Crippen molar-refractivity contribution in [2.45, 2.75) is 26.8 Å². The summed E-state index contributed by atoms with van der Waals surface area (Å²) in [5.41, 5.74) is 0.486. The Balaban J connectivity index is 1.70. The molecule has 0 atom stereocenters. The van der Waals surface area contributed by atoms with Crippen LogP contribution in [0.3, 0.4) is 0 Å². The zero-order valence-corrected chi connectivity index (χ0v) is 15.5. The number of pyridine rings is 1. The first kappa shape index (κ1) is 18.0. The second-order valence-electron chi connectivity index (χ2n) is 7.69. The smallest absolute Gasteiger partial charge is 0.293 e. The first-order chi connectivity index (χ1) is 13.3. The molecule has 0 aliphatic carbocycles. The van der Waals surface area contributed by atoms with Crippen LogP contribution in [0, 0.1) is 5.41 Å². The van der Waals surface area contributed by atoms with Crippen molar-refractivity contribution < 1.29 is 9.59 Å². The van der Waals surface area contributed by atoms with Gasteiger partial charge in [-0.2, -0.15) is 0 Å². The Morgan fingerprint density at radius 2 is 1.96 bits per heavy atom. The van der Waals surface area contributed by atoms with Gasteiger partial charge in [-0.3, -0.25) is 23.9 Å². The van der Waals surface area contributed by atoms with Crippen LogP contribution < -0.4 is 11.4 Å². The highest BCUT2D eigenvalue weighted by Crippen LogP contribution is 2.29. The molecule has 2 N–H and O–H groups in total. The minimum atomic E-state index is -0.713. The molecule has 28 heavy (non-hydrogen) atoms. The lowest BCUT2D eigenvalue weighted by molar-refractivity contribution is 0.0612. The van der Waals surface area contributed by atoms with Gasteiger partial charge in [0.1, 0.15) is 11.5 Å². The van der Waals surface area contributed by atoms with E-state index in [4.69, 9.17) is 5.84 Å². The van der Waals surface area contributed by atoms with Crippen molar-refractivity contribution in [3.63, 3.8) is 0 Å². The largest absolute Gasteiger partial charge is 0.296 e. The third-order valence-electron chi connectivity index (χ3n) is 4.83. The number of benzene rings is 1. The van der Waals surface area contributed by atoms with Gasteiger partial charge in [0.25, 0.3) is 17.4 Å². The minimum absolute atomic E-state index is 0.0433. The Labute approximate surface area is 160 Å². The number of rotatable bonds is 2. The maximum Gasteiger partial charge on any atom is 0.293 e. The Morgan fingerprint density at radius 1 is 1.18 bits per heavy atom. The molecule has 8 nitrogen and oxygen atoms in total. The molecule has 1 aromatic carbocycles. The first-order valence-electron chi connectivity index (χ1n) is 8.85. The van der Waals surface area contributed by atoms with Crippen molar-refractivity contribution in [3.8, 4) is 0 Å². The van der Waals surface area contributed by atoms with Crippen LogP contribution in [0.15, 0.2) is 47.4 Å². The van der Waals surface area contributed by atoms with E-state index >= 15 is 0 Å². The average Bonchev–Trinajstić information content (AvgIpc) is 3.01. The molecular weight excluding hydrogens is 358 g/mol. The second-order valence-corrected chi connectivity index (χ2v) is 7.69. The predicted octanol–water partition coefficient (Wildman–Crippen LogP) is 1.53. The summed E-state index contributed by atoms with van der Waals surface area (Å²) in [6.45, 7) is 4.77. The van der Waals surface area contributed by atoms with Crippen LogP contribution in [0.5, 0.6) is 0 Å². The van der Waals surface area contributed by atoms with Crippen LogP contribution >= 0.6 is 0 Å². The molecule has 3 heterocycles. The molecule has 2 amide bonds. The number of nitrogens with zero attached hydrogens (tertiary/aromatic N) is 4. The van der Waals surface area contributed by atoms with E-state index in [0.717, 1.165) is 0 Å².